The molecule has 0 unspecified atom stereocenters. The molecule has 6 aromatic rings. The Balaban J connectivity index is 1.44. The van der Waals surface area contributed by atoms with Crippen molar-refractivity contribution in [2.45, 2.75) is 24.3 Å². The second kappa shape index (κ2) is 10.8. The number of carbonyl (C=O) groups is 1. The lowest BCUT2D eigenvalue weighted by molar-refractivity contribution is 0.0972. The molecule has 0 amide bonds. The van der Waals surface area contributed by atoms with Gasteiger partial charge >= 0.3 is 0 Å². The van der Waals surface area contributed by atoms with Crippen molar-refractivity contribution in [2.24, 2.45) is 4.99 Å². The van der Waals surface area contributed by atoms with Crippen molar-refractivity contribution in [3.05, 3.63) is 162 Å². The summed E-state index contributed by atoms with van der Waals surface area (Å²) >= 11 is 0. The maximum atomic E-state index is 13.8. The van der Waals surface area contributed by atoms with Crippen LogP contribution in [0.25, 0.3) is 11.0 Å². The van der Waals surface area contributed by atoms with Crippen molar-refractivity contribution >= 4 is 28.3 Å². The molecule has 5 nitrogen and oxygen atoms in total. The Morgan fingerprint density at radius 3 is 2.00 bits per heavy atom. The summed E-state index contributed by atoms with van der Waals surface area (Å²) in [4.78, 5) is 23.7. The molecule has 2 aromatic heterocycles. The first-order valence-electron chi connectivity index (χ1n) is 13.9. The second-order valence-electron chi connectivity index (χ2n) is 10.4. The summed E-state index contributed by atoms with van der Waals surface area (Å²) in [5.41, 5.74) is 5.70. The Hall–Kier alpha value is -5.16. The molecular weight excluding hydrogens is 504 g/mol. The molecule has 0 saturated heterocycles. The average Bonchev–Trinajstić information content (AvgIpc) is 3.58. The highest BCUT2D eigenvalue weighted by Crippen LogP contribution is 2.47. The number of ketones is 1. The Morgan fingerprint density at radius 2 is 1.32 bits per heavy atom. The van der Waals surface area contributed by atoms with Crippen molar-refractivity contribution < 1.29 is 4.79 Å². The van der Waals surface area contributed by atoms with E-state index >= 15 is 0 Å². The van der Waals surface area contributed by atoms with E-state index in [-0.39, 0.29) is 23.7 Å². The van der Waals surface area contributed by atoms with Gasteiger partial charge in [0.15, 0.2) is 17.2 Å². The fourth-order valence-corrected chi connectivity index (χ4v) is 6.05. The zero-order chi connectivity index (χ0) is 27.6. The summed E-state index contributed by atoms with van der Waals surface area (Å²) in [5, 5.41) is 5.87. The predicted octanol–water partition coefficient (Wildman–Crippen LogP) is 7.95. The molecule has 7 rings (SSSR count). The Bertz CT molecular complexity index is 1830. The molecule has 0 bridgehead atoms. The highest BCUT2D eigenvalue weighted by Gasteiger charge is 2.41. The molecule has 0 saturated carbocycles. The van der Waals surface area contributed by atoms with E-state index in [2.05, 4.69) is 65.6 Å². The molecule has 0 aliphatic carbocycles. The standard InChI is InChI=1S/C36H28N4O/c41-31(26-16-7-2-8-17-26)24-30(25-14-5-1-6-15-25)32(27-18-9-3-10-19-27)33-34(28-20-11-4-12-21-28)40-36(38-33)29-22-13-23-37-35(29)39-40/h1-23,30,32,34H,24H2/t30-,32-,34-/m1/s1. The van der Waals surface area contributed by atoms with Crippen LogP contribution in [0.1, 0.15) is 51.3 Å². The van der Waals surface area contributed by atoms with Crippen LogP contribution >= 0.6 is 0 Å². The zero-order valence-electron chi connectivity index (χ0n) is 22.4. The summed E-state index contributed by atoms with van der Waals surface area (Å²) < 4.78 is 2.01. The third kappa shape index (κ3) is 4.66. The summed E-state index contributed by atoms with van der Waals surface area (Å²) in [7, 11) is 0. The van der Waals surface area contributed by atoms with E-state index < -0.39 is 0 Å². The summed E-state index contributed by atoms with van der Waals surface area (Å²) in [6, 6.07) is 44.5. The normalized spacial score (nSPS) is 15.7. The van der Waals surface area contributed by atoms with Crippen LogP contribution in [-0.2, 0) is 0 Å². The number of hydrogen-bond acceptors (Lipinski definition) is 4. The Kier molecular flexibility index (Phi) is 6.53. The van der Waals surface area contributed by atoms with Gasteiger partial charge in [0.2, 0.25) is 0 Å². The molecule has 4 aromatic carbocycles. The minimum Gasteiger partial charge on any atom is -0.294 e. The number of rotatable bonds is 8. The zero-order valence-corrected chi connectivity index (χ0v) is 22.4. The lowest BCUT2D eigenvalue weighted by atomic mass is 9.73. The van der Waals surface area contributed by atoms with Gasteiger partial charge in [0.05, 0.1) is 11.1 Å². The van der Waals surface area contributed by atoms with Crippen LogP contribution in [0, 0.1) is 0 Å². The van der Waals surface area contributed by atoms with Gasteiger partial charge in [0.25, 0.3) is 0 Å². The predicted molar refractivity (Wildman–Crippen MR) is 163 cm³/mol. The first-order chi connectivity index (χ1) is 20.3. The van der Waals surface area contributed by atoms with Crippen molar-refractivity contribution in [3.8, 4) is 0 Å². The maximum absolute atomic E-state index is 13.8. The third-order valence-electron chi connectivity index (χ3n) is 7.93. The number of hydrogen-bond donors (Lipinski definition) is 0. The summed E-state index contributed by atoms with van der Waals surface area (Å²) in [6.45, 7) is 0. The van der Waals surface area contributed by atoms with Gasteiger partial charge in [0, 0.05) is 30.0 Å². The second-order valence-corrected chi connectivity index (χ2v) is 10.4. The van der Waals surface area contributed by atoms with E-state index in [9.17, 15) is 4.79 Å². The fourth-order valence-electron chi connectivity index (χ4n) is 6.05. The van der Waals surface area contributed by atoms with Crippen molar-refractivity contribution in [1.82, 2.24) is 14.8 Å². The maximum Gasteiger partial charge on any atom is 0.183 e. The lowest BCUT2D eigenvalue weighted by Crippen LogP contribution is -2.29. The Labute approximate surface area is 238 Å². The van der Waals surface area contributed by atoms with E-state index in [1.165, 1.54) is 0 Å². The van der Waals surface area contributed by atoms with Crippen molar-refractivity contribution in [3.63, 3.8) is 0 Å². The van der Waals surface area contributed by atoms with Gasteiger partial charge in [-0.1, -0.05) is 121 Å². The highest BCUT2D eigenvalue weighted by molar-refractivity contribution is 6.05. The molecule has 3 atom stereocenters. The first-order valence-corrected chi connectivity index (χ1v) is 13.9. The number of Topliss-reactive ketones (excluding diaryl/α,β-unsaturated/α-hetero) is 1. The SMILES string of the molecule is O=C(C[C@H](c1ccccc1)[C@H](C1=Nc2c3cccnc3nn2[C@@H]1c1ccccc1)c1ccccc1)c1ccccc1. The van der Waals surface area contributed by atoms with E-state index in [0.29, 0.717) is 12.1 Å². The van der Waals surface area contributed by atoms with Gasteiger partial charge in [-0.25, -0.2) is 14.7 Å². The first kappa shape index (κ1) is 24.9. The molecule has 0 spiro atoms. The van der Waals surface area contributed by atoms with Crippen LogP contribution in [0.4, 0.5) is 5.82 Å². The van der Waals surface area contributed by atoms with Crippen LogP contribution in [0.2, 0.25) is 0 Å². The van der Waals surface area contributed by atoms with Gasteiger partial charge in [-0.05, 0) is 28.8 Å². The van der Waals surface area contributed by atoms with Gasteiger partial charge < -0.3 is 0 Å². The van der Waals surface area contributed by atoms with Crippen LogP contribution in [-0.4, -0.2) is 26.3 Å². The molecule has 3 heterocycles. The van der Waals surface area contributed by atoms with Gasteiger partial charge in [-0.2, -0.15) is 0 Å². The number of aromatic nitrogens is 3. The number of benzene rings is 4. The molecule has 41 heavy (non-hydrogen) atoms. The van der Waals surface area contributed by atoms with Gasteiger partial charge in [-0.3, -0.25) is 4.79 Å². The lowest BCUT2D eigenvalue weighted by Gasteiger charge is -2.31. The van der Waals surface area contributed by atoms with Gasteiger partial charge in [0.1, 0.15) is 6.04 Å². The highest BCUT2D eigenvalue weighted by atomic mass is 16.1. The summed E-state index contributed by atoms with van der Waals surface area (Å²) in [5.74, 6) is 0.594. The van der Waals surface area contributed by atoms with E-state index in [1.54, 1.807) is 6.20 Å². The topological polar surface area (TPSA) is 60.1 Å². The van der Waals surface area contributed by atoms with Gasteiger partial charge in [-0.15, -0.1) is 5.10 Å². The van der Waals surface area contributed by atoms with Crippen LogP contribution in [0.15, 0.2) is 145 Å². The summed E-state index contributed by atoms with van der Waals surface area (Å²) in [6.07, 6.45) is 2.11. The molecule has 0 N–H and O–H groups in total. The molecule has 1 aliphatic heterocycles. The van der Waals surface area contributed by atoms with Crippen LogP contribution in [0.5, 0.6) is 0 Å². The molecule has 198 valence electrons. The number of aliphatic imine (C=N–C) groups is 1. The molecule has 5 heteroatoms. The van der Waals surface area contributed by atoms with E-state index in [0.717, 1.165) is 39.2 Å². The third-order valence-corrected chi connectivity index (χ3v) is 7.93. The van der Waals surface area contributed by atoms with Crippen molar-refractivity contribution in [1.29, 1.82) is 0 Å². The van der Waals surface area contributed by atoms with E-state index in [4.69, 9.17) is 10.1 Å². The monoisotopic (exact) mass is 532 g/mol. The van der Waals surface area contributed by atoms with Crippen LogP contribution < -0.4 is 0 Å². The Morgan fingerprint density at radius 1 is 0.707 bits per heavy atom. The quantitative estimate of drug-likeness (QED) is 0.187. The number of carbonyl (C=O) groups excluding carboxylic acids is 1. The van der Waals surface area contributed by atoms with Crippen molar-refractivity contribution in [2.75, 3.05) is 0 Å². The van der Waals surface area contributed by atoms with E-state index in [1.807, 2.05) is 77.5 Å². The van der Waals surface area contributed by atoms with Crippen LogP contribution in [0.3, 0.4) is 0 Å². The molecular formula is C36H28N4O. The minimum absolute atomic E-state index is 0.114. The average molecular weight is 533 g/mol. The fraction of sp³-hybridized carbons (Fsp3) is 0.111. The molecule has 0 radical (unpaired) electrons. The molecule has 1 aliphatic rings. The number of nitrogens with zero attached hydrogens (tertiary/aromatic N) is 4. The largest absolute Gasteiger partial charge is 0.294 e. The smallest absolute Gasteiger partial charge is 0.183 e. The number of fused-ring (bicyclic) bond motifs is 3. The minimum atomic E-state index is -0.233. The number of pyridine rings is 1. The molecule has 0 fully saturated rings.